The van der Waals surface area contributed by atoms with Crippen LogP contribution in [0.3, 0.4) is 0 Å². The van der Waals surface area contributed by atoms with Gasteiger partial charge in [0, 0.05) is 6.07 Å². The fourth-order valence-corrected chi connectivity index (χ4v) is 2.98. The molecule has 0 unspecified atom stereocenters. The van der Waals surface area contributed by atoms with E-state index in [4.69, 9.17) is 5.11 Å². The van der Waals surface area contributed by atoms with Crippen LogP contribution in [0, 0.1) is 29.1 Å². The standard InChI is InChI=1S/C13H6F5NO6S/c14-7-8(15)10(17)12(11(18)9(7)16)26(23,24)19-4-1-2-6(5(20)3-4)25-13(21)22/h1-3,19-20H,(H,21,22). The first-order valence-electron chi connectivity index (χ1n) is 6.23. The van der Waals surface area contributed by atoms with Crippen LogP contribution in [0.1, 0.15) is 0 Å². The van der Waals surface area contributed by atoms with Gasteiger partial charge in [0.25, 0.3) is 10.0 Å². The summed E-state index contributed by atoms with van der Waals surface area (Å²) >= 11 is 0. The van der Waals surface area contributed by atoms with Gasteiger partial charge in [-0.3, -0.25) is 4.72 Å². The van der Waals surface area contributed by atoms with Gasteiger partial charge in [-0.05, 0) is 12.1 Å². The van der Waals surface area contributed by atoms with Gasteiger partial charge in [0.2, 0.25) is 5.82 Å². The number of phenolic OH excluding ortho intramolecular Hbond substituents is 1. The first-order valence-corrected chi connectivity index (χ1v) is 7.72. The molecule has 7 nitrogen and oxygen atoms in total. The number of benzene rings is 2. The molecule has 0 fully saturated rings. The van der Waals surface area contributed by atoms with Gasteiger partial charge in [-0.1, -0.05) is 0 Å². The number of ether oxygens (including phenoxy) is 1. The van der Waals surface area contributed by atoms with E-state index in [1.54, 1.807) is 0 Å². The maximum Gasteiger partial charge on any atom is 0.511 e. The number of hydrogen-bond donors (Lipinski definition) is 3. The Morgan fingerprint density at radius 1 is 0.962 bits per heavy atom. The number of anilines is 1. The quantitative estimate of drug-likeness (QED) is 0.240. The molecule has 2 rings (SSSR count). The first kappa shape index (κ1) is 19.2. The van der Waals surface area contributed by atoms with Crippen molar-refractivity contribution in [3.63, 3.8) is 0 Å². The molecule has 0 aliphatic heterocycles. The molecular formula is C13H6F5NO6S. The normalized spacial score (nSPS) is 11.3. The summed E-state index contributed by atoms with van der Waals surface area (Å²) < 4.78 is 96.1. The number of rotatable bonds is 4. The Labute approximate surface area is 141 Å². The number of sulfonamides is 1. The van der Waals surface area contributed by atoms with Crippen molar-refractivity contribution in [3.05, 3.63) is 47.3 Å². The van der Waals surface area contributed by atoms with E-state index < -0.39 is 67.3 Å². The summed E-state index contributed by atoms with van der Waals surface area (Å²) in [5.41, 5.74) is -0.579. The zero-order valence-electron chi connectivity index (χ0n) is 12.1. The zero-order chi connectivity index (χ0) is 19.8. The van der Waals surface area contributed by atoms with Gasteiger partial charge < -0.3 is 14.9 Å². The molecule has 2 aromatic rings. The second-order valence-electron chi connectivity index (χ2n) is 4.56. The summed E-state index contributed by atoms with van der Waals surface area (Å²) in [6.07, 6.45) is -1.80. The number of carboxylic acid groups (broad SMARTS) is 1. The van der Waals surface area contributed by atoms with Crippen molar-refractivity contribution < 1.29 is 50.1 Å². The highest BCUT2D eigenvalue weighted by atomic mass is 32.2. The molecule has 0 atom stereocenters. The summed E-state index contributed by atoms with van der Waals surface area (Å²) in [7, 11) is -5.30. The van der Waals surface area contributed by atoms with Crippen molar-refractivity contribution in [3.8, 4) is 11.5 Å². The summed E-state index contributed by atoms with van der Waals surface area (Å²) in [5.74, 6) is -14.1. The van der Waals surface area contributed by atoms with Crippen molar-refractivity contribution in [2.45, 2.75) is 4.90 Å². The van der Waals surface area contributed by atoms with Crippen LogP contribution in [-0.4, -0.2) is 24.8 Å². The van der Waals surface area contributed by atoms with Crippen molar-refractivity contribution in [1.82, 2.24) is 0 Å². The number of halogens is 5. The lowest BCUT2D eigenvalue weighted by Gasteiger charge is -2.12. The van der Waals surface area contributed by atoms with Crippen LogP contribution in [-0.2, 0) is 10.0 Å². The molecule has 0 saturated heterocycles. The average molecular weight is 399 g/mol. The van der Waals surface area contributed by atoms with E-state index in [1.807, 2.05) is 0 Å². The summed E-state index contributed by atoms with van der Waals surface area (Å²) in [6, 6.07) is 2.17. The number of aromatic hydroxyl groups is 1. The van der Waals surface area contributed by atoms with E-state index >= 15 is 0 Å². The van der Waals surface area contributed by atoms with Crippen LogP contribution in [0.2, 0.25) is 0 Å². The van der Waals surface area contributed by atoms with Gasteiger partial charge in [0.1, 0.15) is 0 Å². The van der Waals surface area contributed by atoms with E-state index in [1.165, 1.54) is 4.72 Å². The van der Waals surface area contributed by atoms with Gasteiger partial charge >= 0.3 is 6.16 Å². The molecule has 0 aliphatic carbocycles. The number of hydrogen-bond acceptors (Lipinski definition) is 5. The molecule has 13 heteroatoms. The predicted octanol–water partition coefficient (Wildman–Crippen LogP) is 2.95. The molecule has 0 saturated carbocycles. The van der Waals surface area contributed by atoms with Crippen molar-refractivity contribution >= 4 is 21.9 Å². The maximum absolute atomic E-state index is 13.6. The largest absolute Gasteiger partial charge is 0.511 e. The van der Waals surface area contributed by atoms with Gasteiger partial charge in [0.05, 0.1) is 5.69 Å². The topological polar surface area (TPSA) is 113 Å². The third kappa shape index (κ3) is 3.46. The van der Waals surface area contributed by atoms with Gasteiger partial charge in [-0.15, -0.1) is 0 Å². The molecule has 0 aliphatic rings. The molecule has 0 radical (unpaired) electrons. The molecule has 0 amide bonds. The lowest BCUT2D eigenvalue weighted by Crippen LogP contribution is -2.19. The van der Waals surface area contributed by atoms with Gasteiger partial charge in [-0.2, -0.15) is 0 Å². The smallest absolute Gasteiger partial charge is 0.504 e. The first-order chi connectivity index (χ1) is 12.0. The van der Waals surface area contributed by atoms with Crippen molar-refractivity contribution in [1.29, 1.82) is 0 Å². The van der Waals surface area contributed by atoms with Crippen LogP contribution >= 0.6 is 0 Å². The summed E-state index contributed by atoms with van der Waals surface area (Å²) in [6.45, 7) is 0. The molecule has 3 N–H and O–H groups in total. The fourth-order valence-electron chi connectivity index (χ4n) is 1.79. The van der Waals surface area contributed by atoms with Crippen LogP contribution in [0.4, 0.5) is 32.4 Å². The highest BCUT2D eigenvalue weighted by Gasteiger charge is 2.33. The Hall–Kier alpha value is -3.09. The summed E-state index contributed by atoms with van der Waals surface area (Å²) in [5, 5.41) is 17.9. The van der Waals surface area contributed by atoms with Crippen LogP contribution in [0.5, 0.6) is 11.5 Å². The maximum atomic E-state index is 13.6. The summed E-state index contributed by atoms with van der Waals surface area (Å²) in [4.78, 5) is 8.23. The van der Waals surface area contributed by atoms with E-state index in [0.717, 1.165) is 12.1 Å². The van der Waals surface area contributed by atoms with E-state index in [0.29, 0.717) is 6.07 Å². The highest BCUT2D eigenvalue weighted by molar-refractivity contribution is 7.92. The van der Waals surface area contributed by atoms with Crippen LogP contribution in [0.25, 0.3) is 0 Å². The number of nitrogens with one attached hydrogen (secondary N) is 1. The molecule has 26 heavy (non-hydrogen) atoms. The highest BCUT2D eigenvalue weighted by Crippen LogP contribution is 2.32. The van der Waals surface area contributed by atoms with E-state index in [-0.39, 0.29) is 0 Å². The van der Waals surface area contributed by atoms with Gasteiger partial charge in [0.15, 0.2) is 39.7 Å². The molecule has 0 bridgehead atoms. The Balaban J connectivity index is 2.48. The lowest BCUT2D eigenvalue weighted by atomic mass is 10.3. The third-order valence-corrected chi connectivity index (χ3v) is 4.25. The molecular weight excluding hydrogens is 393 g/mol. The monoisotopic (exact) mass is 399 g/mol. The predicted molar refractivity (Wildman–Crippen MR) is 73.8 cm³/mol. The Morgan fingerprint density at radius 2 is 1.46 bits per heavy atom. The minimum Gasteiger partial charge on any atom is -0.504 e. The second-order valence-corrected chi connectivity index (χ2v) is 6.17. The minimum absolute atomic E-state index is 0.579. The molecule has 0 spiro atoms. The number of carbonyl (C=O) groups is 1. The Morgan fingerprint density at radius 3 is 1.92 bits per heavy atom. The SMILES string of the molecule is O=C(O)Oc1ccc(NS(=O)(=O)c2c(F)c(F)c(F)c(F)c2F)cc1O. The fraction of sp³-hybridized carbons (Fsp3) is 0. The third-order valence-electron chi connectivity index (χ3n) is 2.85. The molecule has 140 valence electrons. The van der Waals surface area contributed by atoms with E-state index in [9.17, 15) is 40.3 Å². The minimum atomic E-state index is -5.30. The van der Waals surface area contributed by atoms with E-state index in [2.05, 4.69) is 4.74 Å². The molecule has 2 aromatic carbocycles. The number of phenols is 1. The molecule has 0 heterocycles. The molecule has 0 aromatic heterocycles. The van der Waals surface area contributed by atoms with Gasteiger partial charge in [-0.25, -0.2) is 35.2 Å². The average Bonchev–Trinajstić information content (AvgIpc) is 2.53. The zero-order valence-corrected chi connectivity index (χ0v) is 12.9. The van der Waals surface area contributed by atoms with Crippen molar-refractivity contribution in [2.24, 2.45) is 0 Å². The second kappa shape index (κ2) is 6.67. The lowest BCUT2D eigenvalue weighted by molar-refractivity contribution is 0.143. The van der Waals surface area contributed by atoms with Crippen LogP contribution in [0.15, 0.2) is 23.1 Å². The van der Waals surface area contributed by atoms with Crippen LogP contribution < -0.4 is 9.46 Å². The Bertz CT molecular complexity index is 982. The Kier molecular flexibility index (Phi) is 4.93. The van der Waals surface area contributed by atoms with Crippen molar-refractivity contribution in [2.75, 3.05) is 4.72 Å².